The van der Waals surface area contributed by atoms with Crippen LogP contribution in [0.1, 0.15) is 63.2 Å². The Balaban J connectivity index is 1.19. The number of nitrogens with one attached hydrogen (secondary N) is 2. The first kappa shape index (κ1) is 26.7. The van der Waals surface area contributed by atoms with Crippen molar-refractivity contribution < 1.29 is 14.3 Å². The Labute approximate surface area is 232 Å². The highest BCUT2D eigenvalue weighted by atomic mass is 35.5. The summed E-state index contributed by atoms with van der Waals surface area (Å²) in [6, 6.07) is 8.09. The van der Waals surface area contributed by atoms with Crippen molar-refractivity contribution in [2.24, 2.45) is 5.92 Å². The van der Waals surface area contributed by atoms with Crippen LogP contribution in [0, 0.1) is 5.92 Å². The number of hydrogen-bond acceptors (Lipinski definition) is 7. The van der Waals surface area contributed by atoms with Crippen molar-refractivity contribution in [1.82, 2.24) is 20.2 Å². The molecular weight excluding hydrogens is 522 g/mol. The van der Waals surface area contributed by atoms with E-state index < -0.39 is 5.60 Å². The van der Waals surface area contributed by atoms with Crippen molar-refractivity contribution in [3.63, 3.8) is 0 Å². The van der Waals surface area contributed by atoms with Gasteiger partial charge in [0.2, 0.25) is 5.95 Å². The molecule has 3 heterocycles. The van der Waals surface area contributed by atoms with E-state index in [1.54, 1.807) is 22.4 Å². The first-order valence-electron chi connectivity index (χ1n) is 13.2. The molecule has 38 heavy (non-hydrogen) atoms. The minimum Gasteiger partial charge on any atom is -0.444 e. The smallest absolute Gasteiger partial charge is 0.410 e. The number of likely N-dealkylation sites (tertiary alicyclic amines) is 1. The summed E-state index contributed by atoms with van der Waals surface area (Å²) in [5.41, 5.74) is 0.862. The standard InChI is InChI=1S/C28H34ClN5O3S/c1-28(2,3)37-27(36)34-13-10-17(11-14-34)9-12-30-26-31-16-21(29)24(33-26)23-15-20-19(5-4-6-22(20)38-23)25(35)32-18-7-8-18/h4-6,15-18H,7-14H2,1-3H3,(H,32,35)(H,30,31,33). The van der Waals surface area contributed by atoms with Gasteiger partial charge in [-0.05, 0) is 77.0 Å². The summed E-state index contributed by atoms with van der Waals surface area (Å²) in [7, 11) is 0. The summed E-state index contributed by atoms with van der Waals surface area (Å²) in [5.74, 6) is 1.02. The van der Waals surface area contributed by atoms with Crippen LogP contribution in [0.25, 0.3) is 20.7 Å². The molecule has 0 unspecified atom stereocenters. The van der Waals surface area contributed by atoms with E-state index in [0.717, 1.165) is 53.6 Å². The highest BCUT2D eigenvalue weighted by molar-refractivity contribution is 7.22. The molecule has 0 radical (unpaired) electrons. The summed E-state index contributed by atoms with van der Waals surface area (Å²) in [5, 5.41) is 7.80. The zero-order chi connectivity index (χ0) is 26.9. The SMILES string of the molecule is CC(C)(C)OC(=O)N1CCC(CCNc2ncc(Cl)c(-c3cc4c(C(=O)NC5CC5)cccc4s3)n2)CC1. The van der Waals surface area contributed by atoms with Gasteiger partial charge in [-0.3, -0.25) is 4.79 Å². The number of carbonyl (C=O) groups is 2. The molecule has 2 aliphatic rings. The van der Waals surface area contributed by atoms with Gasteiger partial charge in [0.25, 0.3) is 5.91 Å². The Bertz CT molecular complexity index is 1330. The number of ether oxygens (including phenoxy) is 1. The zero-order valence-electron chi connectivity index (χ0n) is 22.1. The molecule has 8 nitrogen and oxygen atoms in total. The Morgan fingerprint density at radius 1 is 1.18 bits per heavy atom. The Kier molecular flexibility index (Phi) is 7.77. The third-order valence-corrected chi connectivity index (χ3v) is 8.18. The quantitative estimate of drug-likeness (QED) is 0.352. The molecule has 5 rings (SSSR count). The Hall–Kier alpha value is -2.91. The maximum Gasteiger partial charge on any atom is 0.410 e. The average molecular weight is 556 g/mol. The van der Waals surface area contributed by atoms with Crippen LogP contribution in [-0.2, 0) is 4.74 Å². The van der Waals surface area contributed by atoms with Crippen molar-refractivity contribution in [3.8, 4) is 10.6 Å². The summed E-state index contributed by atoms with van der Waals surface area (Å²) in [6.45, 7) is 7.83. The predicted molar refractivity (Wildman–Crippen MR) is 152 cm³/mol. The van der Waals surface area contributed by atoms with Crippen LogP contribution in [0.3, 0.4) is 0 Å². The van der Waals surface area contributed by atoms with E-state index in [4.69, 9.17) is 21.3 Å². The van der Waals surface area contributed by atoms with E-state index in [9.17, 15) is 9.59 Å². The molecule has 2 fully saturated rings. The van der Waals surface area contributed by atoms with Gasteiger partial charge in [0, 0.05) is 41.3 Å². The summed E-state index contributed by atoms with van der Waals surface area (Å²) in [4.78, 5) is 36.8. The monoisotopic (exact) mass is 555 g/mol. The van der Waals surface area contributed by atoms with E-state index in [2.05, 4.69) is 15.6 Å². The highest BCUT2D eigenvalue weighted by Gasteiger charge is 2.27. The van der Waals surface area contributed by atoms with Crippen LogP contribution >= 0.6 is 22.9 Å². The minimum absolute atomic E-state index is 0.0319. The van der Waals surface area contributed by atoms with Crippen LogP contribution in [0.2, 0.25) is 5.02 Å². The lowest BCUT2D eigenvalue weighted by Crippen LogP contribution is -2.41. The van der Waals surface area contributed by atoms with Crippen LogP contribution in [0.5, 0.6) is 0 Å². The van der Waals surface area contributed by atoms with E-state index in [1.807, 2.05) is 45.0 Å². The zero-order valence-corrected chi connectivity index (χ0v) is 23.6. The topological polar surface area (TPSA) is 96.5 Å². The predicted octanol–water partition coefficient (Wildman–Crippen LogP) is 6.35. The van der Waals surface area contributed by atoms with E-state index in [1.165, 1.54) is 0 Å². The number of amides is 2. The second-order valence-corrected chi connectivity index (χ2v) is 12.6. The molecule has 202 valence electrons. The van der Waals surface area contributed by atoms with E-state index >= 15 is 0 Å². The molecule has 0 bridgehead atoms. The molecule has 0 atom stereocenters. The fourth-order valence-electron chi connectivity index (χ4n) is 4.61. The fourth-order valence-corrected chi connectivity index (χ4v) is 5.95. The molecule has 1 aromatic carbocycles. The van der Waals surface area contributed by atoms with Gasteiger partial charge < -0.3 is 20.3 Å². The molecule has 1 saturated heterocycles. The lowest BCUT2D eigenvalue weighted by atomic mass is 9.94. The molecule has 10 heteroatoms. The number of aromatic nitrogens is 2. The van der Waals surface area contributed by atoms with Gasteiger partial charge in [-0.15, -0.1) is 11.3 Å². The first-order valence-corrected chi connectivity index (χ1v) is 14.4. The molecule has 1 aliphatic heterocycles. The van der Waals surface area contributed by atoms with Crippen molar-refractivity contribution in [2.45, 2.75) is 64.5 Å². The molecule has 3 aromatic rings. The van der Waals surface area contributed by atoms with Gasteiger partial charge in [-0.1, -0.05) is 17.7 Å². The van der Waals surface area contributed by atoms with Crippen molar-refractivity contribution in [1.29, 1.82) is 0 Å². The normalized spacial score (nSPS) is 16.5. The lowest BCUT2D eigenvalue weighted by Gasteiger charge is -2.33. The number of carbonyl (C=O) groups excluding carboxylic acids is 2. The van der Waals surface area contributed by atoms with Crippen molar-refractivity contribution in [3.05, 3.63) is 41.0 Å². The second-order valence-electron chi connectivity index (χ2n) is 11.1. The van der Waals surface area contributed by atoms with Gasteiger partial charge in [-0.2, -0.15) is 0 Å². The minimum atomic E-state index is -0.474. The third kappa shape index (κ3) is 6.56. The van der Waals surface area contributed by atoms with Gasteiger partial charge >= 0.3 is 6.09 Å². The number of anilines is 1. The molecule has 1 saturated carbocycles. The van der Waals surface area contributed by atoms with Crippen molar-refractivity contribution in [2.75, 3.05) is 25.0 Å². The number of hydrogen-bond donors (Lipinski definition) is 2. The lowest BCUT2D eigenvalue weighted by molar-refractivity contribution is 0.0182. The fraction of sp³-hybridized carbons (Fsp3) is 0.500. The van der Waals surface area contributed by atoms with Gasteiger partial charge in [0.15, 0.2) is 0 Å². The molecular formula is C28H34ClN5O3S. The van der Waals surface area contributed by atoms with E-state index in [0.29, 0.717) is 47.3 Å². The largest absolute Gasteiger partial charge is 0.444 e. The Morgan fingerprint density at radius 2 is 1.95 bits per heavy atom. The molecule has 1 aliphatic carbocycles. The number of nitrogens with zero attached hydrogens (tertiary/aromatic N) is 3. The maximum absolute atomic E-state index is 12.7. The summed E-state index contributed by atoms with van der Waals surface area (Å²) < 4.78 is 6.51. The second kappa shape index (κ2) is 11.1. The van der Waals surface area contributed by atoms with Crippen LogP contribution in [0.4, 0.5) is 10.7 Å². The van der Waals surface area contributed by atoms with Crippen LogP contribution in [0.15, 0.2) is 30.5 Å². The van der Waals surface area contributed by atoms with Gasteiger partial charge in [-0.25, -0.2) is 14.8 Å². The van der Waals surface area contributed by atoms with E-state index in [-0.39, 0.29) is 12.0 Å². The number of halogens is 1. The van der Waals surface area contributed by atoms with Crippen molar-refractivity contribution >= 4 is 51.0 Å². The number of thiophene rings is 1. The van der Waals surface area contributed by atoms with Crippen LogP contribution in [-0.4, -0.2) is 58.1 Å². The molecule has 0 spiro atoms. The number of benzene rings is 1. The third-order valence-electron chi connectivity index (χ3n) is 6.80. The maximum atomic E-state index is 12.7. The number of piperidine rings is 1. The van der Waals surface area contributed by atoms with Crippen LogP contribution < -0.4 is 10.6 Å². The Morgan fingerprint density at radius 3 is 2.66 bits per heavy atom. The molecule has 2 amide bonds. The summed E-state index contributed by atoms with van der Waals surface area (Å²) >= 11 is 8.07. The molecule has 2 aromatic heterocycles. The number of fused-ring (bicyclic) bond motifs is 1. The van der Waals surface area contributed by atoms with Gasteiger partial charge in [0.05, 0.1) is 16.1 Å². The molecule has 2 N–H and O–H groups in total. The van der Waals surface area contributed by atoms with Gasteiger partial charge in [0.1, 0.15) is 11.3 Å². The number of rotatable bonds is 7. The average Bonchev–Trinajstić information content (AvgIpc) is 3.58. The summed E-state index contributed by atoms with van der Waals surface area (Å²) in [6.07, 6.45) is 6.36. The highest BCUT2D eigenvalue weighted by Crippen LogP contribution is 2.37. The first-order chi connectivity index (χ1) is 18.2.